The average Bonchev–Trinajstić information content (AvgIpc) is 2.93. The smallest absolute Gasteiger partial charge is 0.264 e. The highest BCUT2D eigenvalue weighted by Gasteiger charge is 2.29. The number of carbonyl (C=O) groups excluding carboxylic acids is 1. The van der Waals surface area contributed by atoms with Crippen LogP contribution in [0.5, 0.6) is 5.75 Å². The summed E-state index contributed by atoms with van der Waals surface area (Å²) in [6, 6.07) is 18.9. The molecule has 3 aromatic carbocycles. The molecule has 0 atom stereocenters. The van der Waals surface area contributed by atoms with Gasteiger partial charge in [0, 0.05) is 16.7 Å². The normalized spacial score (nSPS) is 14.6. The van der Waals surface area contributed by atoms with Crippen LogP contribution in [0, 0.1) is 3.57 Å². The molecule has 12 heteroatoms. The quantitative estimate of drug-likeness (QED) is 0.340. The Morgan fingerprint density at radius 3 is 2.21 bits per heavy atom. The van der Waals surface area contributed by atoms with Crippen LogP contribution in [0.1, 0.15) is 19.3 Å². The molecule has 0 radical (unpaired) electrons. The Hall–Kier alpha value is -2.68. The van der Waals surface area contributed by atoms with Crippen molar-refractivity contribution in [2.24, 2.45) is 0 Å². The molecule has 1 aliphatic heterocycles. The summed E-state index contributed by atoms with van der Waals surface area (Å²) in [7, 11) is -6.43. The molecule has 1 amide bonds. The highest BCUT2D eigenvalue weighted by atomic mass is 127. The molecule has 1 saturated heterocycles. The topological polar surface area (TPSA) is 113 Å². The highest BCUT2D eigenvalue weighted by Crippen LogP contribution is 2.31. The SMILES string of the molecule is COc1ccc(S(=O)(=O)N2CCCCC2)cc1NC(=O)CN(c1ccc(I)cc1)S(=O)(=O)c1ccccc1. The number of hydrogen-bond donors (Lipinski definition) is 1. The standard InChI is InChI=1S/C26H28IN3O6S2/c1-36-25-15-14-23(37(32,33)29-16-6-3-7-17-29)18-24(25)28-26(31)19-30(21-12-10-20(27)11-13-21)38(34,35)22-8-4-2-5-9-22/h2,4-5,8-15,18H,3,6-7,16-17,19H2,1H3,(H,28,31). The van der Waals surface area contributed by atoms with Crippen LogP contribution in [-0.2, 0) is 24.8 Å². The number of sulfonamides is 2. The van der Waals surface area contributed by atoms with Gasteiger partial charge in [-0.1, -0.05) is 24.6 Å². The first-order chi connectivity index (χ1) is 18.1. The van der Waals surface area contributed by atoms with Crippen molar-refractivity contribution in [3.63, 3.8) is 0 Å². The fraction of sp³-hybridized carbons (Fsp3) is 0.269. The minimum atomic E-state index is -4.08. The monoisotopic (exact) mass is 669 g/mol. The second kappa shape index (κ2) is 12.0. The van der Waals surface area contributed by atoms with Gasteiger partial charge in [0.15, 0.2) is 0 Å². The maximum atomic E-state index is 13.5. The van der Waals surface area contributed by atoms with Gasteiger partial charge in [-0.25, -0.2) is 16.8 Å². The van der Waals surface area contributed by atoms with Crippen molar-refractivity contribution in [1.82, 2.24) is 4.31 Å². The van der Waals surface area contributed by atoms with Crippen molar-refractivity contribution in [2.75, 3.05) is 36.4 Å². The molecule has 0 saturated carbocycles. The molecule has 202 valence electrons. The number of hydrogen-bond acceptors (Lipinski definition) is 6. The van der Waals surface area contributed by atoms with E-state index in [-0.39, 0.29) is 21.2 Å². The Morgan fingerprint density at radius 2 is 1.58 bits per heavy atom. The Morgan fingerprint density at radius 1 is 0.921 bits per heavy atom. The number of methoxy groups -OCH3 is 1. The van der Waals surface area contributed by atoms with E-state index in [0.29, 0.717) is 18.8 Å². The molecule has 1 N–H and O–H groups in total. The third-order valence-corrected chi connectivity index (χ3v) is 10.5. The van der Waals surface area contributed by atoms with E-state index < -0.39 is 32.5 Å². The van der Waals surface area contributed by atoms with E-state index in [4.69, 9.17) is 4.74 Å². The second-order valence-electron chi connectivity index (χ2n) is 8.68. The molecule has 0 unspecified atom stereocenters. The number of carbonyl (C=O) groups is 1. The molecular formula is C26H28IN3O6S2. The minimum Gasteiger partial charge on any atom is -0.495 e. The molecule has 0 aromatic heterocycles. The zero-order chi connectivity index (χ0) is 27.3. The maximum absolute atomic E-state index is 13.5. The van der Waals surface area contributed by atoms with Gasteiger partial charge in [-0.3, -0.25) is 9.10 Å². The molecule has 4 rings (SSSR count). The van der Waals surface area contributed by atoms with Gasteiger partial charge in [0.1, 0.15) is 12.3 Å². The summed E-state index contributed by atoms with van der Waals surface area (Å²) in [4.78, 5) is 13.3. The van der Waals surface area contributed by atoms with Crippen LogP contribution in [0.25, 0.3) is 0 Å². The van der Waals surface area contributed by atoms with E-state index in [2.05, 4.69) is 27.9 Å². The lowest BCUT2D eigenvalue weighted by Gasteiger charge is -2.26. The van der Waals surface area contributed by atoms with Gasteiger partial charge in [0.05, 0.1) is 28.3 Å². The minimum absolute atomic E-state index is 0.0295. The average molecular weight is 670 g/mol. The number of anilines is 2. The first kappa shape index (κ1) is 28.3. The molecule has 0 aliphatic carbocycles. The lowest BCUT2D eigenvalue weighted by molar-refractivity contribution is -0.114. The number of halogens is 1. The molecule has 1 aliphatic rings. The summed E-state index contributed by atoms with van der Waals surface area (Å²) in [5, 5.41) is 2.66. The van der Waals surface area contributed by atoms with Crippen molar-refractivity contribution >= 4 is 59.9 Å². The maximum Gasteiger partial charge on any atom is 0.264 e. The van der Waals surface area contributed by atoms with Crippen molar-refractivity contribution < 1.29 is 26.4 Å². The number of piperidine rings is 1. The van der Waals surface area contributed by atoms with Crippen LogP contribution >= 0.6 is 22.6 Å². The summed E-state index contributed by atoms with van der Waals surface area (Å²) in [6.45, 7) is 0.348. The summed E-state index contributed by atoms with van der Waals surface area (Å²) >= 11 is 2.11. The predicted molar refractivity (Wildman–Crippen MR) is 154 cm³/mol. The lowest BCUT2D eigenvalue weighted by atomic mass is 10.2. The molecule has 38 heavy (non-hydrogen) atoms. The Bertz CT molecular complexity index is 1490. The van der Waals surface area contributed by atoms with E-state index >= 15 is 0 Å². The number of benzene rings is 3. The molecule has 0 bridgehead atoms. The summed E-state index contributed by atoms with van der Waals surface area (Å²) in [5.74, 6) is -0.406. The van der Waals surface area contributed by atoms with Crippen molar-refractivity contribution in [1.29, 1.82) is 0 Å². The van der Waals surface area contributed by atoms with E-state index in [1.54, 1.807) is 42.5 Å². The van der Waals surface area contributed by atoms with Crippen LogP contribution in [0.2, 0.25) is 0 Å². The predicted octanol–water partition coefficient (Wildman–Crippen LogP) is 4.31. The molecule has 1 heterocycles. The molecule has 3 aromatic rings. The van der Waals surface area contributed by atoms with Gasteiger partial charge in [0.25, 0.3) is 10.0 Å². The molecular weight excluding hydrogens is 641 g/mol. The fourth-order valence-electron chi connectivity index (χ4n) is 4.16. The fourth-order valence-corrected chi connectivity index (χ4v) is 7.51. The lowest BCUT2D eigenvalue weighted by Crippen LogP contribution is -2.38. The number of nitrogens with zero attached hydrogens (tertiary/aromatic N) is 2. The molecule has 9 nitrogen and oxygen atoms in total. The molecule has 0 spiro atoms. The van der Waals surface area contributed by atoms with Crippen molar-refractivity contribution in [3.8, 4) is 5.75 Å². The van der Waals surface area contributed by atoms with E-state index in [1.165, 1.54) is 41.7 Å². The first-order valence-corrected chi connectivity index (χ1v) is 15.9. The van der Waals surface area contributed by atoms with E-state index in [0.717, 1.165) is 27.1 Å². The van der Waals surface area contributed by atoms with Crippen molar-refractivity contribution in [2.45, 2.75) is 29.1 Å². The van der Waals surface area contributed by atoms with Gasteiger partial charge >= 0.3 is 0 Å². The summed E-state index contributed by atoms with van der Waals surface area (Å²) < 4.78 is 62.1. The first-order valence-electron chi connectivity index (χ1n) is 11.9. The van der Waals surface area contributed by atoms with E-state index in [1.807, 2.05) is 0 Å². The van der Waals surface area contributed by atoms with Gasteiger partial charge in [-0.2, -0.15) is 4.31 Å². The summed E-state index contributed by atoms with van der Waals surface area (Å²) in [5.41, 5.74) is 0.452. The number of amides is 1. The third kappa shape index (κ3) is 6.30. The number of rotatable bonds is 9. The van der Waals surface area contributed by atoms with Crippen LogP contribution in [0.3, 0.4) is 0 Å². The van der Waals surface area contributed by atoms with Gasteiger partial charge in [0.2, 0.25) is 15.9 Å². The van der Waals surface area contributed by atoms with Crippen molar-refractivity contribution in [3.05, 3.63) is 76.4 Å². The van der Waals surface area contributed by atoms with Crippen LogP contribution in [-0.4, -0.2) is 53.8 Å². The Kier molecular flexibility index (Phi) is 8.96. The van der Waals surface area contributed by atoms with Crippen LogP contribution < -0.4 is 14.4 Å². The zero-order valence-corrected chi connectivity index (χ0v) is 24.5. The van der Waals surface area contributed by atoms with Gasteiger partial charge in [-0.15, -0.1) is 0 Å². The van der Waals surface area contributed by atoms with Crippen LogP contribution in [0.15, 0.2) is 82.6 Å². The highest BCUT2D eigenvalue weighted by molar-refractivity contribution is 14.1. The molecule has 1 fully saturated rings. The number of ether oxygens (including phenoxy) is 1. The van der Waals surface area contributed by atoms with E-state index in [9.17, 15) is 21.6 Å². The van der Waals surface area contributed by atoms with Gasteiger partial charge in [-0.05, 0) is 90.0 Å². The van der Waals surface area contributed by atoms with Gasteiger partial charge < -0.3 is 10.1 Å². The largest absolute Gasteiger partial charge is 0.495 e. The second-order valence-corrected chi connectivity index (χ2v) is 13.7. The van der Waals surface area contributed by atoms with Crippen LogP contribution in [0.4, 0.5) is 11.4 Å². The Labute approximate surface area is 237 Å². The Balaban J connectivity index is 1.64. The number of nitrogens with one attached hydrogen (secondary N) is 1. The zero-order valence-electron chi connectivity index (χ0n) is 20.7. The third-order valence-electron chi connectivity index (χ3n) is 6.13. The summed E-state index contributed by atoms with van der Waals surface area (Å²) in [6.07, 6.45) is 2.57.